The van der Waals surface area contributed by atoms with E-state index in [1.165, 1.54) is 5.69 Å². The highest BCUT2D eigenvalue weighted by atomic mass is 16.5. The molecule has 0 spiro atoms. The fraction of sp³-hybridized carbons (Fsp3) is 0.375. The van der Waals surface area contributed by atoms with E-state index in [4.69, 9.17) is 4.74 Å². The van der Waals surface area contributed by atoms with Crippen molar-refractivity contribution in [2.75, 3.05) is 25.6 Å². The van der Waals surface area contributed by atoms with Crippen molar-refractivity contribution in [3.63, 3.8) is 0 Å². The topological polar surface area (TPSA) is 48.5 Å². The largest absolute Gasteiger partial charge is 0.473 e. The average molecular weight is 393 g/mol. The van der Waals surface area contributed by atoms with Gasteiger partial charge in [-0.3, -0.25) is 0 Å². The maximum absolute atomic E-state index is 12.4. The maximum atomic E-state index is 12.4. The highest BCUT2D eigenvalue weighted by molar-refractivity contribution is 5.70. The number of nitrogens with zero attached hydrogens (tertiary/aromatic N) is 3. The van der Waals surface area contributed by atoms with E-state index in [2.05, 4.69) is 40.2 Å². The molecular weight excluding hydrogens is 362 g/mol. The summed E-state index contributed by atoms with van der Waals surface area (Å²) in [6, 6.07) is 12.2. The van der Waals surface area contributed by atoms with Crippen molar-refractivity contribution in [3.05, 3.63) is 65.4 Å². The van der Waals surface area contributed by atoms with E-state index < -0.39 is 11.1 Å². The first kappa shape index (κ1) is 21.1. The second-order valence-corrected chi connectivity index (χ2v) is 8.71. The van der Waals surface area contributed by atoms with Gasteiger partial charge < -0.3 is 9.64 Å². The monoisotopic (exact) mass is 392 g/mol. The van der Waals surface area contributed by atoms with Crippen LogP contribution in [0.1, 0.15) is 38.8 Å². The molecule has 29 heavy (non-hydrogen) atoms. The van der Waals surface area contributed by atoms with E-state index in [0.29, 0.717) is 12.5 Å². The first-order valence-corrected chi connectivity index (χ1v) is 9.83. The van der Waals surface area contributed by atoms with Gasteiger partial charge >= 0.3 is 0 Å². The molecule has 1 aliphatic rings. The third-order valence-corrected chi connectivity index (χ3v) is 5.36. The summed E-state index contributed by atoms with van der Waals surface area (Å²) in [6.07, 6.45) is 7.88. The molecule has 0 atom stereocenters. The number of hydrogen-bond donors (Lipinski definition) is 0. The summed E-state index contributed by atoms with van der Waals surface area (Å²) in [5.74, 6) is 0.552. The molecule has 2 aromatic rings. The predicted molar refractivity (Wildman–Crippen MR) is 118 cm³/mol. The Morgan fingerprint density at radius 1 is 1.00 bits per heavy atom. The summed E-state index contributed by atoms with van der Waals surface area (Å²) in [7, 11) is 4.06. The van der Waals surface area contributed by atoms with Crippen LogP contribution in [0, 0.1) is 0 Å². The lowest BCUT2D eigenvalue weighted by atomic mass is 9.97. The molecule has 0 N–H and O–H groups in total. The van der Waals surface area contributed by atoms with Gasteiger partial charge in [-0.05, 0) is 62.6 Å². The average Bonchev–Trinajstić information content (AvgIpc) is 2.85. The minimum Gasteiger partial charge on any atom is -0.473 e. The van der Waals surface area contributed by atoms with Crippen LogP contribution in [0.3, 0.4) is 0 Å². The number of anilines is 1. The Kier molecular flexibility index (Phi) is 5.82. The van der Waals surface area contributed by atoms with Gasteiger partial charge in [-0.15, -0.1) is 10.3 Å². The molecule has 0 bridgehead atoms. The molecule has 0 unspecified atom stereocenters. The summed E-state index contributed by atoms with van der Waals surface area (Å²) in [5.41, 5.74) is 3.19. The van der Waals surface area contributed by atoms with Crippen LogP contribution in [-0.2, 0) is 5.21 Å². The Bertz CT molecular complexity index is 895. The molecule has 0 saturated carbocycles. The quantitative estimate of drug-likeness (QED) is 0.660. The summed E-state index contributed by atoms with van der Waals surface area (Å²) in [5, 5.41) is 13.6. The van der Waals surface area contributed by atoms with Crippen molar-refractivity contribution in [1.29, 1.82) is 0 Å². The molecule has 1 aliphatic heterocycles. The number of pyridine rings is 1. The highest BCUT2D eigenvalue weighted by Crippen LogP contribution is 2.38. The summed E-state index contributed by atoms with van der Waals surface area (Å²) >= 11 is 0. The van der Waals surface area contributed by atoms with E-state index >= 15 is 0 Å². The number of rotatable bonds is 6. The first-order valence-electron chi connectivity index (χ1n) is 9.83. The normalized spacial score (nSPS) is 18.1. The van der Waals surface area contributed by atoms with E-state index in [1.807, 2.05) is 66.1 Å². The zero-order chi connectivity index (χ0) is 21.2. The standard InChI is InChI=1S/C24H30N3O2/c1-23(2)15-20(24(3,4)27(23)28)17-29-22-14-11-19(16-25-22)8-7-18-9-12-21(13-10-18)26(5)6/h7-16H,17H2,1-6H3/b8-7+. The molecule has 3 rings (SSSR count). The van der Waals surface area contributed by atoms with Crippen molar-refractivity contribution in [3.8, 4) is 5.88 Å². The van der Waals surface area contributed by atoms with Crippen LogP contribution in [0.15, 0.2) is 54.2 Å². The molecule has 2 heterocycles. The Labute approximate surface area is 173 Å². The first-order chi connectivity index (χ1) is 13.6. The number of hydrogen-bond acceptors (Lipinski definition) is 4. The Balaban J connectivity index is 1.61. The van der Waals surface area contributed by atoms with E-state index in [-0.39, 0.29) is 0 Å². The van der Waals surface area contributed by atoms with Crippen LogP contribution in [-0.4, -0.2) is 41.8 Å². The van der Waals surface area contributed by atoms with Gasteiger partial charge in [-0.1, -0.05) is 30.4 Å². The lowest BCUT2D eigenvalue weighted by Gasteiger charge is -2.33. The minimum absolute atomic E-state index is 0.357. The van der Waals surface area contributed by atoms with E-state index in [0.717, 1.165) is 21.8 Å². The van der Waals surface area contributed by atoms with Gasteiger partial charge in [0.2, 0.25) is 5.88 Å². The molecule has 1 aromatic heterocycles. The smallest absolute Gasteiger partial charge is 0.213 e. The number of benzene rings is 1. The van der Waals surface area contributed by atoms with Crippen LogP contribution in [0.5, 0.6) is 5.88 Å². The van der Waals surface area contributed by atoms with Gasteiger partial charge in [0.05, 0.1) is 11.1 Å². The number of hydroxylamine groups is 2. The Morgan fingerprint density at radius 3 is 2.14 bits per heavy atom. The second-order valence-electron chi connectivity index (χ2n) is 8.71. The molecular formula is C24H30N3O2. The Morgan fingerprint density at radius 2 is 1.62 bits per heavy atom. The van der Waals surface area contributed by atoms with E-state index in [9.17, 15) is 5.21 Å². The van der Waals surface area contributed by atoms with Gasteiger partial charge in [-0.25, -0.2) is 4.98 Å². The molecule has 5 heteroatoms. The molecule has 0 saturated heterocycles. The summed E-state index contributed by atoms with van der Waals surface area (Å²) < 4.78 is 5.85. The third-order valence-electron chi connectivity index (χ3n) is 5.36. The van der Waals surface area contributed by atoms with Crippen molar-refractivity contribution in [1.82, 2.24) is 10.0 Å². The second kappa shape index (κ2) is 8.01. The molecule has 0 amide bonds. The molecule has 153 valence electrons. The maximum Gasteiger partial charge on any atom is 0.213 e. The summed E-state index contributed by atoms with van der Waals surface area (Å²) in [4.78, 5) is 6.47. The van der Waals surface area contributed by atoms with Crippen molar-refractivity contribution >= 4 is 17.8 Å². The van der Waals surface area contributed by atoms with Crippen molar-refractivity contribution in [2.45, 2.75) is 38.8 Å². The summed E-state index contributed by atoms with van der Waals surface area (Å²) in [6.45, 7) is 8.05. The lowest BCUT2D eigenvalue weighted by molar-refractivity contribution is -0.239. The minimum atomic E-state index is -0.575. The molecule has 1 aromatic carbocycles. The van der Waals surface area contributed by atoms with Gasteiger partial charge in [0.25, 0.3) is 0 Å². The van der Waals surface area contributed by atoms with Crippen molar-refractivity contribution < 1.29 is 9.94 Å². The van der Waals surface area contributed by atoms with Gasteiger partial charge in [0, 0.05) is 32.0 Å². The van der Waals surface area contributed by atoms with Gasteiger partial charge in [0.1, 0.15) is 6.61 Å². The molecule has 0 aliphatic carbocycles. The van der Waals surface area contributed by atoms with Crippen LogP contribution < -0.4 is 9.64 Å². The molecule has 0 fully saturated rings. The van der Waals surface area contributed by atoms with Crippen LogP contribution >= 0.6 is 0 Å². The Hall–Kier alpha value is -2.63. The van der Waals surface area contributed by atoms with Crippen LogP contribution in [0.4, 0.5) is 5.69 Å². The highest BCUT2D eigenvalue weighted by Gasteiger charge is 2.46. The zero-order valence-electron chi connectivity index (χ0n) is 18.1. The van der Waals surface area contributed by atoms with Gasteiger partial charge in [-0.2, -0.15) is 0 Å². The van der Waals surface area contributed by atoms with Gasteiger partial charge in [0.15, 0.2) is 0 Å². The third kappa shape index (κ3) is 4.69. The number of ether oxygens (including phenoxy) is 1. The predicted octanol–water partition coefficient (Wildman–Crippen LogP) is 4.84. The fourth-order valence-electron chi connectivity index (χ4n) is 3.53. The zero-order valence-corrected chi connectivity index (χ0v) is 18.1. The molecule has 5 nitrogen and oxygen atoms in total. The molecule has 1 radical (unpaired) electrons. The number of aromatic nitrogens is 1. The van der Waals surface area contributed by atoms with E-state index in [1.54, 1.807) is 6.20 Å². The van der Waals surface area contributed by atoms with Crippen LogP contribution in [0.2, 0.25) is 0 Å². The fourth-order valence-corrected chi connectivity index (χ4v) is 3.53. The lowest BCUT2D eigenvalue weighted by Crippen LogP contribution is -2.47. The SMILES string of the molecule is CN(C)c1ccc(/C=C/c2ccc(OCC3=CC(C)(C)N([O])C3(C)C)nc2)cc1. The van der Waals surface area contributed by atoms with Crippen molar-refractivity contribution in [2.24, 2.45) is 0 Å². The van der Waals surface area contributed by atoms with Crippen LogP contribution in [0.25, 0.3) is 12.2 Å².